The van der Waals surface area contributed by atoms with Gasteiger partial charge in [0.2, 0.25) is 0 Å². The van der Waals surface area contributed by atoms with E-state index in [1.807, 2.05) is 12.1 Å². The first-order valence-electron chi connectivity index (χ1n) is 5.17. The highest BCUT2D eigenvalue weighted by atomic mass is 19.1. The van der Waals surface area contributed by atoms with Gasteiger partial charge in [-0.15, -0.1) is 0 Å². The number of carbonyl (C=O) groups is 1. The highest BCUT2D eigenvalue weighted by Crippen LogP contribution is 2.18. The normalized spacial score (nSPS) is 11.5. The molecule has 0 aliphatic carbocycles. The highest BCUT2D eigenvalue weighted by Gasteiger charge is 2.07. The minimum Gasteiger partial charge on any atom is -0.320 e. The van der Waals surface area contributed by atoms with Gasteiger partial charge in [-0.2, -0.15) is 0 Å². The third-order valence-corrected chi connectivity index (χ3v) is 2.37. The van der Waals surface area contributed by atoms with Crippen LogP contribution in [-0.2, 0) is 4.79 Å². The average Bonchev–Trinajstić information content (AvgIpc) is 2.37. The first kappa shape index (κ1) is 11.3. The van der Waals surface area contributed by atoms with E-state index in [0.29, 0.717) is 5.69 Å². The largest absolute Gasteiger partial charge is 0.320 e. The number of anilines is 1. The van der Waals surface area contributed by atoms with E-state index < -0.39 is 11.7 Å². The molecule has 1 aromatic carbocycles. The molecule has 17 heavy (non-hydrogen) atoms. The molecule has 1 N–H and O–H groups in total. The third kappa shape index (κ3) is 2.47. The van der Waals surface area contributed by atoms with Crippen LogP contribution >= 0.6 is 0 Å². The topological polar surface area (TPSA) is 42.0 Å². The number of benzene rings is 1. The predicted octanol–water partition coefficient (Wildman–Crippen LogP) is 3.05. The summed E-state index contributed by atoms with van der Waals surface area (Å²) < 4.78 is 13.0. The fourth-order valence-corrected chi connectivity index (χ4v) is 1.48. The number of rotatable bonds is 2. The van der Waals surface area contributed by atoms with Gasteiger partial charge in [0.1, 0.15) is 0 Å². The summed E-state index contributed by atoms with van der Waals surface area (Å²) in [7, 11) is 0. The Morgan fingerprint density at radius 2 is 2.18 bits per heavy atom. The molecular formula is C13H11FN2O. The van der Waals surface area contributed by atoms with E-state index in [1.165, 1.54) is 6.92 Å². The number of nitrogens with one attached hydrogen (secondary N) is 1. The van der Waals surface area contributed by atoms with Crippen molar-refractivity contribution >= 4 is 22.4 Å². The lowest BCUT2D eigenvalue weighted by molar-refractivity contribution is -0.114. The van der Waals surface area contributed by atoms with Gasteiger partial charge in [-0.25, -0.2) is 4.39 Å². The Balaban J connectivity index is 2.28. The summed E-state index contributed by atoms with van der Waals surface area (Å²) in [6, 6.07) is 7.19. The molecule has 86 valence electrons. The maximum atomic E-state index is 13.0. The van der Waals surface area contributed by atoms with Crippen molar-refractivity contribution in [3.63, 3.8) is 0 Å². The number of allylic oxidation sites excluding steroid dienone is 1. The average molecular weight is 230 g/mol. The number of fused-ring (bicyclic) bond motifs is 1. The van der Waals surface area contributed by atoms with Crippen molar-refractivity contribution in [2.24, 2.45) is 0 Å². The fourth-order valence-electron chi connectivity index (χ4n) is 1.48. The maximum absolute atomic E-state index is 13.0. The van der Waals surface area contributed by atoms with Crippen molar-refractivity contribution in [3.05, 3.63) is 48.6 Å². The van der Waals surface area contributed by atoms with Gasteiger partial charge in [-0.05, 0) is 36.6 Å². The van der Waals surface area contributed by atoms with Crippen molar-refractivity contribution in [1.82, 2.24) is 4.98 Å². The number of hydrogen-bond donors (Lipinski definition) is 1. The summed E-state index contributed by atoms with van der Waals surface area (Å²) in [6.45, 7) is 1.47. The SMILES string of the molecule is CC=C(F)C(=O)Nc1ccc2ccncc2c1. The Kier molecular flexibility index (Phi) is 3.14. The van der Waals surface area contributed by atoms with Crippen LogP contribution in [0.5, 0.6) is 0 Å². The maximum Gasteiger partial charge on any atom is 0.284 e. The molecule has 0 radical (unpaired) electrons. The number of nitrogens with zero attached hydrogens (tertiary/aromatic N) is 1. The van der Waals surface area contributed by atoms with Crippen molar-refractivity contribution in [3.8, 4) is 0 Å². The molecule has 0 saturated heterocycles. The van der Waals surface area contributed by atoms with Crippen LogP contribution < -0.4 is 5.32 Å². The van der Waals surface area contributed by atoms with Crippen LogP contribution in [0.15, 0.2) is 48.6 Å². The molecule has 4 heteroatoms. The van der Waals surface area contributed by atoms with Crippen LogP contribution in [0.2, 0.25) is 0 Å². The summed E-state index contributed by atoms with van der Waals surface area (Å²) in [5.74, 6) is -1.54. The lowest BCUT2D eigenvalue weighted by atomic mass is 10.1. The molecule has 1 aromatic heterocycles. The van der Waals surface area contributed by atoms with Gasteiger partial charge >= 0.3 is 0 Å². The molecule has 1 amide bonds. The fraction of sp³-hybridized carbons (Fsp3) is 0.0769. The number of aromatic nitrogens is 1. The van der Waals surface area contributed by atoms with Gasteiger partial charge in [-0.1, -0.05) is 6.07 Å². The number of halogens is 1. The second kappa shape index (κ2) is 4.74. The zero-order chi connectivity index (χ0) is 12.3. The van der Waals surface area contributed by atoms with Crippen molar-refractivity contribution in [2.45, 2.75) is 6.92 Å². The van der Waals surface area contributed by atoms with Crippen LogP contribution in [0.4, 0.5) is 10.1 Å². The van der Waals surface area contributed by atoms with Crippen molar-refractivity contribution in [2.75, 3.05) is 5.32 Å². The van der Waals surface area contributed by atoms with Gasteiger partial charge in [0.05, 0.1) is 0 Å². The molecule has 0 aliphatic heterocycles. The third-order valence-electron chi connectivity index (χ3n) is 2.37. The van der Waals surface area contributed by atoms with Gasteiger partial charge in [0, 0.05) is 23.5 Å². The predicted molar refractivity (Wildman–Crippen MR) is 65.2 cm³/mol. The molecule has 0 fully saturated rings. The molecule has 0 aliphatic rings. The zero-order valence-electron chi connectivity index (χ0n) is 9.27. The minimum atomic E-state index is -0.795. The van der Waals surface area contributed by atoms with Crippen LogP contribution in [0.3, 0.4) is 0 Å². The molecular weight excluding hydrogens is 219 g/mol. The standard InChI is InChI=1S/C13H11FN2O/c1-2-12(14)13(17)16-11-4-3-9-5-6-15-8-10(9)7-11/h2-8H,1H3,(H,16,17). The van der Waals surface area contributed by atoms with Gasteiger partial charge in [-0.3, -0.25) is 9.78 Å². The molecule has 2 rings (SSSR count). The van der Waals surface area contributed by atoms with Crippen LogP contribution in [0.1, 0.15) is 6.92 Å². The van der Waals surface area contributed by atoms with Crippen molar-refractivity contribution < 1.29 is 9.18 Å². The summed E-state index contributed by atoms with van der Waals surface area (Å²) >= 11 is 0. The first-order chi connectivity index (χ1) is 8.20. The Labute approximate surface area is 98.0 Å². The van der Waals surface area contributed by atoms with Crippen molar-refractivity contribution in [1.29, 1.82) is 0 Å². The van der Waals surface area contributed by atoms with E-state index >= 15 is 0 Å². The Morgan fingerprint density at radius 3 is 2.94 bits per heavy atom. The second-order valence-electron chi connectivity index (χ2n) is 3.53. The Bertz CT molecular complexity index is 593. The van der Waals surface area contributed by atoms with E-state index in [0.717, 1.165) is 16.8 Å². The van der Waals surface area contributed by atoms with Gasteiger partial charge in [0.25, 0.3) is 5.91 Å². The molecule has 3 nitrogen and oxygen atoms in total. The molecule has 2 aromatic rings. The quantitative estimate of drug-likeness (QED) is 0.805. The first-order valence-corrected chi connectivity index (χ1v) is 5.17. The molecule has 0 unspecified atom stereocenters. The lowest BCUT2D eigenvalue weighted by Gasteiger charge is -2.04. The van der Waals surface area contributed by atoms with E-state index in [1.54, 1.807) is 24.5 Å². The minimum absolute atomic E-state index is 0.549. The molecule has 1 heterocycles. The van der Waals surface area contributed by atoms with Gasteiger partial charge in [0.15, 0.2) is 5.83 Å². The number of hydrogen-bond acceptors (Lipinski definition) is 2. The Hall–Kier alpha value is -2.23. The summed E-state index contributed by atoms with van der Waals surface area (Å²) in [4.78, 5) is 15.3. The lowest BCUT2D eigenvalue weighted by Crippen LogP contribution is -2.11. The molecule has 0 spiro atoms. The van der Waals surface area contributed by atoms with Crippen LogP contribution in [0.25, 0.3) is 10.8 Å². The van der Waals surface area contributed by atoms with Crippen LogP contribution in [-0.4, -0.2) is 10.9 Å². The summed E-state index contributed by atoms with van der Waals surface area (Å²) in [6.07, 6.45) is 4.51. The number of carbonyl (C=O) groups excluding carboxylic acids is 1. The van der Waals surface area contributed by atoms with Crippen LogP contribution in [0, 0.1) is 0 Å². The second-order valence-corrected chi connectivity index (χ2v) is 3.53. The van der Waals surface area contributed by atoms with Gasteiger partial charge < -0.3 is 5.32 Å². The highest BCUT2D eigenvalue weighted by molar-refractivity contribution is 6.03. The molecule has 0 saturated carbocycles. The monoisotopic (exact) mass is 230 g/mol. The zero-order valence-corrected chi connectivity index (χ0v) is 9.27. The van der Waals surface area contributed by atoms with E-state index in [9.17, 15) is 9.18 Å². The van der Waals surface area contributed by atoms with E-state index in [4.69, 9.17) is 0 Å². The molecule has 0 atom stereocenters. The summed E-state index contributed by atoms with van der Waals surface area (Å²) in [5, 5.41) is 4.39. The van der Waals surface area contributed by atoms with E-state index in [-0.39, 0.29) is 0 Å². The Morgan fingerprint density at radius 1 is 1.35 bits per heavy atom. The smallest absolute Gasteiger partial charge is 0.284 e. The summed E-state index contributed by atoms with van der Waals surface area (Å²) in [5.41, 5.74) is 0.549. The number of pyridine rings is 1. The molecule has 0 bridgehead atoms. The number of amides is 1. The van der Waals surface area contributed by atoms with E-state index in [2.05, 4.69) is 10.3 Å².